The molecule has 0 unspecified atom stereocenters. The Labute approximate surface area is 336 Å². The van der Waals surface area contributed by atoms with E-state index in [-0.39, 0.29) is 31.2 Å². The average molecular weight is 835 g/mol. The number of nitrogens with one attached hydrogen (secondary N) is 4. The van der Waals surface area contributed by atoms with Gasteiger partial charge in [-0.2, -0.15) is 13.2 Å². The Morgan fingerprint density at radius 2 is 1.83 bits per heavy atom. The second-order valence-corrected chi connectivity index (χ2v) is 19.3. The third-order valence-corrected chi connectivity index (χ3v) is 14.1. The topological polar surface area (TPSA) is 185 Å². The van der Waals surface area contributed by atoms with Gasteiger partial charge >= 0.3 is 12.2 Å². The van der Waals surface area contributed by atoms with E-state index in [0.717, 1.165) is 19.2 Å². The van der Waals surface area contributed by atoms with Crippen LogP contribution >= 0.6 is 0 Å². The van der Waals surface area contributed by atoms with Gasteiger partial charge in [0.25, 0.3) is 5.91 Å². The van der Waals surface area contributed by atoms with Crippen LogP contribution in [-0.2, 0) is 24.4 Å². The van der Waals surface area contributed by atoms with Crippen molar-refractivity contribution in [3.05, 3.63) is 42.6 Å². The maximum Gasteiger partial charge on any atom is 0.411 e. The Morgan fingerprint density at radius 1 is 1.10 bits per heavy atom. The van der Waals surface area contributed by atoms with Crippen LogP contribution in [0.15, 0.2) is 42.6 Å². The first-order valence-corrected chi connectivity index (χ1v) is 21.3. The summed E-state index contributed by atoms with van der Waals surface area (Å²) in [5, 5.41) is 8.63. The number of urea groups is 1. The van der Waals surface area contributed by atoms with E-state index in [2.05, 4.69) is 20.3 Å². The molecule has 2 aliphatic heterocycles. The van der Waals surface area contributed by atoms with Crippen LogP contribution in [0.4, 0.5) is 18.0 Å². The number of aromatic nitrogens is 1. The van der Waals surface area contributed by atoms with Crippen molar-refractivity contribution in [3.8, 4) is 11.6 Å². The van der Waals surface area contributed by atoms with Gasteiger partial charge in [-0.05, 0) is 108 Å². The number of pyridine rings is 1. The number of rotatable bonds is 9. The summed E-state index contributed by atoms with van der Waals surface area (Å²) >= 11 is 0. The monoisotopic (exact) mass is 834 g/mol. The number of sulfonamides is 1. The van der Waals surface area contributed by atoms with Gasteiger partial charge in [0.1, 0.15) is 35.0 Å². The lowest BCUT2D eigenvalue weighted by molar-refractivity contribution is -0.182. The molecule has 4 aliphatic rings. The lowest BCUT2D eigenvalue weighted by Gasteiger charge is -2.34. The summed E-state index contributed by atoms with van der Waals surface area (Å²) in [5.41, 5.74) is -4.26. The highest BCUT2D eigenvalue weighted by atomic mass is 32.2. The fraction of sp³-hybridized carbons (Fsp3) is 0.625. The zero-order valence-corrected chi connectivity index (χ0v) is 34.4. The first-order valence-electron chi connectivity index (χ1n) is 19.8. The molecule has 0 radical (unpaired) electrons. The van der Waals surface area contributed by atoms with E-state index in [1.807, 2.05) is 31.3 Å². The van der Waals surface area contributed by atoms with Gasteiger partial charge in [0.05, 0.1) is 17.9 Å². The van der Waals surface area contributed by atoms with Crippen molar-refractivity contribution >= 4 is 44.5 Å². The van der Waals surface area contributed by atoms with Crippen molar-refractivity contribution < 1.29 is 50.2 Å². The number of amides is 5. The number of carbonyl (C=O) groups is 4. The highest BCUT2D eigenvalue weighted by Crippen LogP contribution is 2.47. The standard InChI is InChI=1S/C40H53F3N6O8S/c1-7-56-27-12-13-29-25(19-27)14-17-44-33(29)57-28-20-30-32(50)46-39(35(52)48-58(54,55)38(6)15-16-38)21-26(39)11-9-8-10-23(2)18-24(3)31(34(51)49(30)22-28)45-36(53)47-37(4,5)40(41,42)43/h9,11-14,17,19,23-24,26,28,30-31H,7-8,10,15-16,18,20-22H2,1-6H3,(H,46,50)(H,48,52)(H2,45,47,53)/b11-9-/t23-,24-,26-,28-,30+,31+,39-/m1/s1. The van der Waals surface area contributed by atoms with Crippen molar-refractivity contribution in [1.29, 1.82) is 0 Å². The fourth-order valence-corrected chi connectivity index (χ4v) is 9.08. The van der Waals surface area contributed by atoms with Crippen LogP contribution in [0.5, 0.6) is 11.6 Å². The Morgan fingerprint density at radius 3 is 2.50 bits per heavy atom. The van der Waals surface area contributed by atoms with Gasteiger partial charge in [0, 0.05) is 23.9 Å². The molecule has 4 N–H and O–H groups in total. The number of hydrogen-bond donors (Lipinski definition) is 4. The Bertz CT molecular complexity index is 2080. The first-order chi connectivity index (χ1) is 27.1. The average Bonchev–Trinajstić information content (AvgIpc) is 4.01. The molecule has 3 fully saturated rings. The SMILES string of the molecule is CCOc1ccc2c(O[C@@H]3C[C@H]4C(=O)N[C@]5(C(=O)NS(=O)(=O)C6(C)CC6)C[C@H]5/C=C\CC[C@@H](C)C[C@@H](C)[C@H](NC(=O)NC(C)(C)C(F)(F)F)C(=O)N4C3)nccc2c1. The number of fused-ring (bicyclic) bond motifs is 3. The zero-order valence-electron chi connectivity index (χ0n) is 33.6. The molecular formula is C40H53F3N6O8S. The van der Waals surface area contributed by atoms with Crippen molar-refractivity contribution in [1.82, 2.24) is 30.6 Å². The molecule has 3 heterocycles. The van der Waals surface area contributed by atoms with Crippen molar-refractivity contribution in [2.24, 2.45) is 17.8 Å². The number of alkyl halides is 3. The Balaban J connectivity index is 1.35. The number of halogens is 3. The smallest absolute Gasteiger partial charge is 0.411 e. The molecular weight excluding hydrogens is 782 g/mol. The molecule has 14 nitrogen and oxygen atoms in total. The molecule has 5 amide bonds. The van der Waals surface area contributed by atoms with Crippen LogP contribution in [0, 0.1) is 17.8 Å². The van der Waals surface area contributed by atoms with E-state index in [0.29, 0.717) is 49.8 Å². The quantitative estimate of drug-likeness (QED) is 0.256. The predicted octanol–water partition coefficient (Wildman–Crippen LogP) is 4.88. The van der Waals surface area contributed by atoms with Crippen molar-refractivity contribution in [3.63, 3.8) is 0 Å². The first kappa shape index (κ1) is 43.0. The molecule has 18 heteroatoms. The van der Waals surface area contributed by atoms with E-state index < -0.39 is 85.8 Å². The number of carbonyl (C=O) groups excluding carboxylic acids is 4. The van der Waals surface area contributed by atoms with Crippen LogP contribution in [0.1, 0.15) is 86.5 Å². The van der Waals surface area contributed by atoms with E-state index in [1.54, 1.807) is 44.3 Å². The third kappa shape index (κ3) is 8.86. The van der Waals surface area contributed by atoms with Crippen molar-refractivity contribution in [2.45, 2.75) is 127 Å². The minimum absolute atomic E-state index is 0.0147. The van der Waals surface area contributed by atoms with Crippen molar-refractivity contribution in [2.75, 3.05) is 13.2 Å². The van der Waals surface area contributed by atoms with Crippen LogP contribution < -0.4 is 30.1 Å². The van der Waals surface area contributed by atoms with Gasteiger partial charge in [-0.3, -0.25) is 19.1 Å². The van der Waals surface area contributed by atoms with Gasteiger partial charge in [0.2, 0.25) is 27.7 Å². The lowest BCUT2D eigenvalue weighted by atomic mass is 9.88. The summed E-state index contributed by atoms with van der Waals surface area (Å²) in [6.07, 6.45) is 1.95. The number of benzene rings is 1. The van der Waals surface area contributed by atoms with Crippen LogP contribution in [0.2, 0.25) is 0 Å². The molecule has 0 spiro atoms. The summed E-state index contributed by atoms with van der Waals surface area (Å²) < 4.78 is 80.9. The molecule has 1 saturated heterocycles. The summed E-state index contributed by atoms with van der Waals surface area (Å²) in [6.45, 7) is 8.96. The third-order valence-electron chi connectivity index (χ3n) is 12.0. The summed E-state index contributed by atoms with van der Waals surface area (Å²) in [5.74, 6) is -2.67. The molecule has 2 aromatic rings. The number of nitrogens with zero attached hydrogens (tertiary/aromatic N) is 2. The second kappa shape index (κ2) is 15.9. The van der Waals surface area contributed by atoms with E-state index >= 15 is 0 Å². The molecule has 1 aromatic carbocycles. The van der Waals surface area contributed by atoms with Crippen LogP contribution in [0.25, 0.3) is 10.8 Å². The maximum atomic E-state index is 14.8. The summed E-state index contributed by atoms with van der Waals surface area (Å²) in [6, 6.07) is 3.25. The normalized spacial score (nSPS) is 29.4. The predicted molar refractivity (Wildman–Crippen MR) is 208 cm³/mol. The minimum Gasteiger partial charge on any atom is -0.494 e. The Kier molecular flexibility index (Phi) is 11.8. The largest absolute Gasteiger partial charge is 0.494 e. The van der Waals surface area contributed by atoms with Gasteiger partial charge in [0.15, 0.2) is 0 Å². The van der Waals surface area contributed by atoms with Gasteiger partial charge in [-0.1, -0.05) is 26.0 Å². The van der Waals surface area contributed by atoms with Crippen LogP contribution in [0.3, 0.4) is 0 Å². The highest BCUT2D eigenvalue weighted by Gasteiger charge is 2.63. The van der Waals surface area contributed by atoms with Gasteiger partial charge < -0.3 is 30.3 Å². The highest BCUT2D eigenvalue weighted by molar-refractivity contribution is 7.91. The molecule has 318 valence electrons. The molecule has 1 aromatic heterocycles. The number of allylic oxidation sites excluding steroid dienone is 1. The minimum atomic E-state index is -4.80. The number of hydrogen-bond acceptors (Lipinski definition) is 9. The molecule has 6 rings (SSSR count). The summed E-state index contributed by atoms with van der Waals surface area (Å²) in [7, 11) is -4.07. The lowest BCUT2D eigenvalue weighted by Crippen LogP contribution is -2.62. The van der Waals surface area contributed by atoms with Crippen LogP contribution in [-0.4, -0.2) is 95.4 Å². The van der Waals surface area contributed by atoms with Gasteiger partial charge in [-0.25, -0.2) is 18.2 Å². The Hall–Kier alpha value is -4.61. The van der Waals surface area contributed by atoms with Gasteiger partial charge in [-0.15, -0.1) is 0 Å². The second-order valence-electron chi connectivity index (χ2n) is 17.1. The van der Waals surface area contributed by atoms with E-state index in [4.69, 9.17) is 9.47 Å². The molecule has 0 bridgehead atoms. The molecule has 7 atom stereocenters. The number of ether oxygens (including phenoxy) is 2. The fourth-order valence-electron chi connectivity index (χ4n) is 7.77. The molecule has 2 aliphatic carbocycles. The molecule has 58 heavy (non-hydrogen) atoms. The van der Waals surface area contributed by atoms with E-state index in [1.165, 1.54) is 4.90 Å². The summed E-state index contributed by atoms with van der Waals surface area (Å²) in [4.78, 5) is 62.1. The zero-order chi connectivity index (χ0) is 42.4. The van der Waals surface area contributed by atoms with E-state index in [9.17, 15) is 40.8 Å². The maximum absolute atomic E-state index is 14.8. The molecule has 2 saturated carbocycles.